The number of aromatic nitrogens is 2. The van der Waals surface area contributed by atoms with Gasteiger partial charge < -0.3 is 15.2 Å². The predicted molar refractivity (Wildman–Crippen MR) is 70.6 cm³/mol. The van der Waals surface area contributed by atoms with Gasteiger partial charge in [0.2, 0.25) is 11.8 Å². The van der Waals surface area contributed by atoms with Crippen molar-refractivity contribution in [3.63, 3.8) is 0 Å². The van der Waals surface area contributed by atoms with E-state index in [-0.39, 0.29) is 11.3 Å². The fraction of sp³-hybridized carbons (Fsp3) is 0.769. The summed E-state index contributed by atoms with van der Waals surface area (Å²) in [5.41, 5.74) is -0.196. The summed E-state index contributed by atoms with van der Waals surface area (Å²) in [7, 11) is 0. The maximum Gasteiger partial charge on any atom is 0.226 e. The van der Waals surface area contributed by atoms with Gasteiger partial charge in [0, 0.05) is 19.9 Å². The lowest BCUT2D eigenvalue weighted by Crippen LogP contribution is -2.47. The number of hydrogen-bond donors (Lipinski definition) is 2. The highest BCUT2D eigenvalue weighted by molar-refractivity contribution is 5.82. The summed E-state index contributed by atoms with van der Waals surface area (Å²) in [4.78, 5) is 16.5. The number of nitrogens with one attached hydrogen (secondary N) is 2. The average molecular weight is 266 g/mol. The Morgan fingerprint density at radius 3 is 2.79 bits per heavy atom. The number of carbonyl (C=O) groups excluding carboxylic acids is 1. The monoisotopic (exact) mass is 266 g/mol. The molecule has 1 saturated heterocycles. The molecule has 0 aromatic carbocycles. The summed E-state index contributed by atoms with van der Waals surface area (Å²) in [5, 5.41) is 10.1. The Hall–Kier alpha value is -1.43. The predicted octanol–water partition coefficient (Wildman–Crippen LogP) is 0.817. The second-order valence-corrected chi connectivity index (χ2v) is 5.12. The summed E-state index contributed by atoms with van der Waals surface area (Å²) in [6.45, 7) is 6.26. The van der Waals surface area contributed by atoms with Crippen molar-refractivity contribution < 1.29 is 9.32 Å². The van der Waals surface area contributed by atoms with E-state index < -0.39 is 0 Å². The van der Waals surface area contributed by atoms with Gasteiger partial charge in [-0.1, -0.05) is 12.1 Å². The zero-order valence-electron chi connectivity index (χ0n) is 11.7. The molecule has 1 amide bonds. The molecule has 6 heteroatoms. The van der Waals surface area contributed by atoms with Gasteiger partial charge in [-0.25, -0.2) is 0 Å². The Morgan fingerprint density at radius 2 is 2.21 bits per heavy atom. The maximum atomic E-state index is 12.3. The van der Waals surface area contributed by atoms with Gasteiger partial charge >= 0.3 is 0 Å². The molecule has 6 nitrogen and oxygen atoms in total. The minimum absolute atomic E-state index is 0.164. The third kappa shape index (κ3) is 3.32. The Labute approximate surface area is 113 Å². The highest BCUT2D eigenvalue weighted by atomic mass is 16.5. The van der Waals surface area contributed by atoms with Crippen LogP contribution in [-0.4, -0.2) is 35.7 Å². The van der Waals surface area contributed by atoms with Gasteiger partial charge in [-0.15, -0.1) is 0 Å². The minimum atomic E-state index is -0.196. The quantitative estimate of drug-likeness (QED) is 0.824. The van der Waals surface area contributed by atoms with Crippen LogP contribution in [0.5, 0.6) is 0 Å². The third-order valence-electron chi connectivity index (χ3n) is 3.92. The van der Waals surface area contributed by atoms with Crippen molar-refractivity contribution in [3.05, 3.63) is 11.7 Å². The Balaban J connectivity index is 1.82. The number of rotatable bonds is 5. The molecule has 0 saturated carbocycles. The maximum absolute atomic E-state index is 12.3. The van der Waals surface area contributed by atoms with Crippen LogP contribution < -0.4 is 10.6 Å². The van der Waals surface area contributed by atoms with Gasteiger partial charge in [0.05, 0.1) is 5.41 Å². The molecule has 0 atom stereocenters. The zero-order valence-corrected chi connectivity index (χ0v) is 11.7. The lowest BCUT2D eigenvalue weighted by molar-refractivity contribution is -0.132. The van der Waals surface area contributed by atoms with E-state index in [4.69, 9.17) is 4.52 Å². The molecule has 19 heavy (non-hydrogen) atoms. The summed E-state index contributed by atoms with van der Waals surface area (Å²) in [5.74, 6) is 1.37. The topological polar surface area (TPSA) is 80.1 Å². The van der Waals surface area contributed by atoms with Gasteiger partial charge in [-0.3, -0.25) is 4.79 Å². The van der Waals surface area contributed by atoms with Gasteiger partial charge in [0.25, 0.3) is 0 Å². The van der Waals surface area contributed by atoms with Gasteiger partial charge in [0.1, 0.15) is 0 Å². The van der Waals surface area contributed by atoms with Crippen molar-refractivity contribution in [2.45, 2.75) is 39.5 Å². The highest BCUT2D eigenvalue weighted by Crippen LogP contribution is 2.32. The lowest BCUT2D eigenvalue weighted by atomic mass is 9.76. The molecule has 2 rings (SSSR count). The molecular formula is C13H22N4O2. The van der Waals surface area contributed by atoms with Crippen LogP contribution >= 0.6 is 0 Å². The van der Waals surface area contributed by atoms with Crippen LogP contribution in [0.4, 0.5) is 0 Å². The first-order valence-corrected chi connectivity index (χ1v) is 6.94. The van der Waals surface area contributed by atoms with E-state index in [0.717, 1.165) is 32.4 Å². The lowest BCUT2D eigenvalue weighted by Gasteiger charge is -2.35. The normalized spacial score (nSPS) is 18.2. The Bertz CT molecular complexity index is 424. The van der Waals surface area contributed by atoms with E-state index in [0.29, 0.717) is 24.7 Å². The molecule has 0 radical (unpaired) electrons. The molecule has 0 aliphatic carbocycles. The number of hydrogen-bond acceptors (Lipinski definition) is 5. The van der Waals surface area contributed by atoms with Crippen molar-refractivity contribution in [1.29, 1.82) is 0 Å². The average Bonchev–Trinajstić information content (AvgIpc) is 2.85. The number of aryl methyl sites for hydroxylation is 1. The van der Waals surface area contributed by atoms with E-state index in [1.54, 1.807) is 6.92 Å². The fourth-order valence-electron chi connectivity index (χ4n) is 2.56. The molecule has 1 aliphatic rings. The first-order chi connectivity index (χ1) is 9.16. The molecule has 106 valence electrons. The minimum Gasteiger partial charge on any atom is -0.355 e. The summed E-state index contributed by atoms with van der Waals surface area (Å²) >= 11 is 0. The van der Waals surface area contributed by atoms with Crippen molar-refractivity contribution in [3.8, 4) is 0 Å². The molecule has 0 unspecified atom stereocenters. The zero-order chi connectivity index (χ0) is 13.7. The second-order valence-electron chi connectivity index (χ2n) is 5.12. The van der Waals surface area contributed by atoms with E-state index in [2.05, 4.69) is 27.7 Å². The molecular weight excluding hydrogens is 244 g/mol. The fourth-order valence-corrected chi connectivity index (χ4v) is 2.56. The van der Waals surface area contributed by atoms with Crippen LogP contribution in [0.3, 0.4) is 0 Å². The van der Waals surface area contributed by atoms with Crippen LogP contribution in [0, 0.1) is 12.3 Å². The SMILES string of the molecule is CCC1(C(=O)NCCc2noc(C)n2)CCNCC1. The van der Waals surface area contributed by atoms with Crippen LogP contribution in [0.1, 0.15) is 37.9 Å². The highest BCUT2D eigenvalue weighted by Gasteiger charge is 2.37. The molecule has 2 N–H and O–H groups in total. The van der Waals surface area contributed by atoms with Gasteiger partial charge in [-0.2, -0.15) is 4.98 Å². The first kappa shape index (κ1) is 14.0. The first-order valence-electron chi connectivity index (χ1n) is 6.94. The van der Waals surface area contributed by atoms with Gasteiger partial charge in [0.15, 0.2) is 5.82 Å². The third-order valence-corrected chi connectivity index (χ3v) is 3.92. The Kier molecular flexibility index (Phi) is 4.52. The van der Waals surface area contributed by atoms with E-state index in [1.165, 1.54) is 0 Å². The van der Waals surface area contributed by atoms with E-state index in [1.807, 2.05) is 0 Å². The van der Waals surface area contributed by atoms with E-state index in [9.17, 15) is 4.79 Å². The molecule has 1 aromatic heterocycles. The standard InChI is InChI=1S/C13H22N4O2/c1-3-13(5-8-14-9-6-13)12(18)15-7-4-11-16-10(2)19-17-11/h14H,3-9H2,1-2H3,(H,15,18). The van der Waals surface area contributed by atoms with Crippen molar-refractivity contribution in [2.24, 2.45) is 5.41 Å². The summed E-state index contributed by atoms with van der Waals surface area (Å²) in [6.07, 6.45) is 3.33. The van der Waals surface area contributed by atoms with Crippen LogP contribution in [0.2, 0.25) is 0 Å². The smallest absolute Gasteiger partial charge is 0.226 e. The van der Waals surface area contributed by atoms with E-state index >= 15 is 0 Å². The molecule has 2 heterocycles. The van der Waals surface area contributed by atoms with Crippen molar-refractivity contribution >= 4 is 5.91 Å². The molecule has 0 bridgehead atoms. The number of piperidine rings is 1. The molecule has 1 aromatic rings. The number of carbonyl (C=O) groups is 1. The summed E-state index contributed by atoms with van der Waals surface area (Å²) < 4.78 is 4.90. The largest absolute Gasteiger partial charge is 0.355 e. The van der Waals surface area contributed by atoms with Gasteiger partial charge in [-0.05, 0) is 32.4 Å². The van der Waals surface area contributed by atoms with Crippen molar-refractivity contribution in [2.75, 3.05) is 19.6 Å². The van der Waals surface area contributed by atoms with Crippen molar-refractivity contribution in [1.82, 2.24) is 20.8 Å². The van der Waals surface area contributed by atoms with Crippen LogP contribution in [0.15, 0.2) is 4.52 Å². The number of amides is 1. The summed E-state index contributed by atoms with van der Waals surface area (Å²) in [6, 6.07) is 0. The molecule has 1 aliphatic heterocycles. The number of nitrogens with zero attached hydrogens (tertiary/aromatic N) is 2. The molecule has 0 spiro atoms. The van der Waals surface area contributed by atoms with Crippen LogP contribution in [-0.2, 0) is 11.2 Å². The Morgan fingerprint density at radius 1 is 1.47 bits per heavy atom. The van der Waals surface area contributed by atoms with Crippen LogP contribution in [0.25, 0.3) is 0 Å². The molecule has 1 fully saturated rings. The second kappa shape index (κ2) is 6.14.